The van der Waals surface area contributed by atoms with Gasteiger partial charge >= 0.3 is 5.97 Å². The molecule has 0 spiro atoms. The van der Waals surface area contributed by atoms with Crippen LogP contribution in [0.25, 0.3) is 0 Å². The lowest BCUT2D eigenvalue weighted by Crippen LogP contribution is -2.28. The average molecular weight is 391 g/mol. The Hall–Kier alpha value is -2.34. The summed E-state index contributed by atoms with van der Waals surface area (Å²) < 4.78 is 21.6. The van der Waals surface area contributed by atoms with E-state index in [2.05, 4.69) is 0 Å². The van der Waals surface area contributed by atoms with Gasteiger partial charge in [-0.15, -0.1) is 0 Å². The molecule has 0 N–H and O–H groups in total. The second-order valence-electron chi connectivity index (χ2n) is 6.56. The van der Waals surface area contributed by atoms with Gasteiger partial charge in [0.2, 0.25) is 0 Å². The van der Waals surface area contributed by atoms with Gasteiger partial charge in [0.25, 0.3) is 0 Å². The Kier molecular flexibility index (Phi) is 7.02. The third-order valence-electron chi connectivity index (χ3n) is 4.36. The van der Waals surface area contributed by atoms with Crippen LogP contribution in [0.3, 0.4) is 0 Å². The van der Waals surface area contributed by atoms with Crippen LogP contribution in [0.5, 0.6) is 23.0 Å². The molecule has 0 aromatic heterocycles. The third kappa shape index (κ3) is 5.10. The number of hydrogen-bond acceptors (Lipinski definition) is 6. The van der Waals surface area contributed by atoms with E-state index in [4.69, 9.17) is 18.9 Å². The fourth-order valence-electron chi connectivity index (χ4n) is 2.19. The summed E-state index contributed by atoms with van der Waals surface area (Å²) >= 11 is 1.55. The fraction of sp³-hybridized carbons (Fsp3) is 0.381. The van der Waals surface area contributed by atoms with E-state index < -0.39 is 5.41 Å². The van der Waals surface area contributed by atoms with Crippen LogP contribution in [0.1, 0.15) is 27.2 Å². The van der Waals surface area contributed by atoms with Crippen molar-refractivity contribution in [2.45, 2.75) is 37.0 Å². The number of carbonyl (C=O) groups is 1. The predicted molar refractivity (Wildman–Crippen MR) is 106 cm³/mol. The summed E-state index contributed by atoms with van der Waals surface area (Å²) in [6.45, 7) is 5.69. The molecule has 0 unspecified atom stereocenters. The molecule has 6 heteroatoms. The van der Waals surface area contributed by atoms with Gasteiger partial charge in [-0.3, -0.25) is 4.79 Å². The van der Waals surface area contributed by atoms with Gasteiger partial charge in [-0.25, -0.2) is 0 Å². The Balaban J connectivity index is 2.22. The number of ether oxygens (including phenoxy) is 4. The quantitative estimate of drug-likeness (QED) is 0.456. The lowest BCUT2D eigenvalue weighted by molar-refractivity contribution is -0.144. The molecule has 0 fully saturated rings. The van der Waals surface area contributed by atoms with Crippen molar-refractivity contribution in [1.29, 1.82) is 0 Å². The molecule has 2 rings (SSSR count). The monoisotopic (exact) mass is 390 g/mol. The Morgan fingerprint density at radius 3 is 1.81 bits per heavy atom. The van der Waals surface area contributed by atoms with Crippen LogP contribution in [0, 0.1) is 5.41 Å². The van der Waals surface area contributed by atoms with E-state index in [1.165, 1.54) is 0 Å². The first-order valence-electron chi connectivity index (χ1n) is 8.64. The fourth-order valence-corrected chi connectivity index (χ4v) is 3.07. The summed E-state index contributed by atoms with van der Waals surface area (Å²) in [7, 11) is 4.77. The van der Waals surface area contributed by atoms with Gasteiger partial charge in [0.05, 0.1) is 26.7 Å². The zero-order valence-corrected chi connectivity index (χ0v) is 17.4. The van der Waals surface area contributed by atoms with Crippen molar-refractivity contribution >= 4 is 17.7 Å². The minimum atomic E-state index is -0.544. The average Bonchev–Trinajstić information content (AvgIpc) is 2.68. The zero-order chi connectivity index (χ0) is 20.0. The van der Waals surface area contributed by atoms with Crippen molar-refractivity contribution < 1.29 is 23.7 Å². The van der Waals surface area contributed by atoms with Crippen LogP contribution in [0.4, 0.5) is 0 Å². The van der Waals surface area contributed by atoms with Crippen molar-refractivity contribution in [2.75, 3.05) is 21.3 Å². The standard InChI is InChI=1S/C21H26O5S/c1-7-21(2,3)20(22)26-17-11-9-15(13-19(17)25-6)27-14-8-10-16(23-4)18(12-14)24-5/h8-13H,7H2,1-6H3. The van der Waals surface area contributed by atoms with E-state index in [9.17, 15) is 4.79 Å². The van der Waals surface area contributed by atoms with E-state index in [0.29, 0.717) is 29.4 Å². The van der Waals surface area contributed by atoms with Gasteiger partial charge in [0, 0.05) is 9.79 Å². The van der Waals surface area contributed by atoms with Gasteiger partial charge in [0.15, 0.2) is 23.0 Å². The molecule has 0 aliphatic heterocycles. The van der Waals surface area contributed by atoms with Crippen molar-refractivity contribution in [2.24, 2.45) is 5.41 Å². The number of hydrogen-bond donors (Lipinski definition) is 0. The molecule has 0 aliphatic rings. The number of rotatable bonds is 8. The van der Waals surface area contributed by atoms with Crippen LogP contribution in [-0.4, -0.2) is 27.3 Å². The van der Waals surface area contributed by atoms with Crippen LogP contribution in [0.2, 0.25) is 0 Å². The minimum Gasteiger partial charge on any atom is -0.493 e. The highest BCUT2D eigenvalue weighted by Gasteiger charge is 2.28. The molecular formula is C21H26O5S. The second-order valence-corrected chi connectivity index (χ2v) is 7.71. The van der Waals surface area contributed by atoms with E-state index in [-0.39, 0.29) is 5.97 Å². The normalized spacial score (nSPS) is 11.0. The Morgan fingerprint density at radius 1 is 0.852 bits per heavy atom. The van der Waals surface area contributed by atoms with Crippen molar-refractivity contribution in [3.05, 3.63) is 36.4 Å². The first-order valence-corrected chi connectivity index (χ1v) is 9.46. The molecule has 0 saturated carbocycles. The largest absolute Gasteiger partial charge is 0.493 e. The molecule has 0 amide bonds. The van der Waals surface area contributed by atoms with E-state index in [1.807, 2.05) is 51.1 Å². The molecule has 146 valence electrons. The highest BCUT2D eigenvalue weighted by Crippen LogP contribution is 2.39. The summed E-state index contributed by atoms with van der Waals surface area (Å²) in [6.07, 6.45) is 0.696. The Labute approximate surface area is 165 Å². The maximum Gasteiger partial charge on any atom is 0.317 e. The van der Waals surface area contributed by atoms with Crippen molar-refractivity contribution in [3.63, 3.8) is 0 Å². The summed E-state index contributed by atoms with van der Waals surface area (Å²) in [5.41, 5.74) is -0.544. The maximum atomic E-state index is 12.3. The molecule has 5 nitrogen and oxygen atoms in total. The molecule has 0 atom stereocenters. The highest BCUT2D eigenvalue weighted by atomic mass is 32.2. The first-order chi connectivity index (χ1) is 12.8. The number of methoxy groups -OCH3 is 3. The molecule has 0 bridgehead atoms. The number of benzene rings is 2. The number of carbonyl (C=O) groups excluding carboxylic acids is 1. The van der Waals surface area contributed by atoms with Gasteiger partial charge in [-0.1, -0.05) is 18.7 Å². The van der Waals surface area contributed by atoms with E-state index in [0.717, 1.165) is 9.79 Å². The van der Waals surface area contributed by atoms with Gasteiger partial charge in [0.1, 0.15) is 0 Å². The highest BCUT2D eigenvalue weighted by molar-refractivity contribution is 7.99. The number of esters is 1. The molecule has 0 saturated heterocycles. The molecular weight excluding hydrogens is 364 g/mol. The van der Waals surface area contributed by atoms with Crippen LogP contribution in [-0.2, 0) is 4.79 Å². The lowest BCUT2D eigenvalue weighted by atomic mass is 9.91. The van der Waals surface area contributed by atoms with Crippen LogP contribution < -0.4 is 18.9 Å². The predicted octanol–water partition coefficient (Wildman–Crippen LogP) is 5.21. The molecule has 0 heterocycles. The molecule has 0 aliphatic carbocycles. The molecule has 2 aromatic rings. The van der Waals surface area contributed by atoms with Crippen molar-refractivity contribution in [3.8, 4) is 23.0 Å². The first kappa shape index (κ1) is 21.0. The summed E-state index contributed by atoms with van der Waals surface area (Å²) in [5, 5.41) is 0. The minimum absolute atomic E-state index is 0.274. The van der Waals surface area contributed by atoms with Crippen molar-refractivity contribution in [1.82, 2.24) is 0 Å². The Morgan fingerprint density at radius 2 is 1.33 bits per heavy atom. The maximum absolute atomic E-state index is 12.3. The van der Waals surface area contributed by atoms with Gasteiger partial charge in [-0.2, -0.15) is 0 Å². The van der Waals surface area contributed by atoms with Gasteiger partial charge < -0.3 is 18.9 Å². The SMILES string of the molecule is CCC(C)(C)C(=O)Oc1ccc(Sc2ccc(OC)c(OC)c2)cc1OC. The second kappa shape index (κ2) is 9.04. The molecule has 0 radical (unpaired) electrons. The van der Waals surface area contributed by atoms with Gasteiger partial charge in [-0.05, 0) is 56.7 Å². The van der Waals surface area contributed by atoms with Crippen LogP contribution >= 0.6 is 11.8 Å². The molecule has 27 heavy (non-hydrogen) atoms. The summed E-state index contributed by atoms with van der Waals surface area (Å²) in [6, 6.07) is 11.2. The summed E-state index contributed by atoms with van der Waals surface area (Å²) in [5.74, 6) is 2.01. The van der Waals surface area contributed by atoms with E-state index >= 15 is 0 Å². The third-order valence-corrected chi connectivity index (χ3v) is 5.34. The smallest absolute Gasteiger partial charge is 0.317 e. The lowest BCUT2D eigenvalue weighted by Gasteiger charge is -2.21. The topological polar surface area (TPSA) is 54.0 Å². The van der Waals surface area contributed by atoms with E-state index in [1.54, 1.807) is 39.2 Å². The summed E-state index contributed by atoms with van der Waals surface area (Å²) in [4.78, 5) is 14.3. The zero-order valence-electron chi connectivity index (χ0n) is 16.6. The molecule has 2 aromatic carbocycles. The van der Waals surface area contributed by atoms with Crippen LogP contribution in [0.15, 0.2) is 46.2 Å². The Bertz CT molecular complexity index is 801.